The van der Waals surface area contributed by atoms with E-state index in [1.54, 1.807) is 0 Å². The van der Waals surface area contributed by atoms with Crippen LogP contribution in [0.4, 0.5) is 0 Å². The second-order valence-corrected chi connectivity index (χ2v) is 8.81. The molecule has 0 aliphatic carbocycles. The molecule has 1 aromatic rings. The molecule has 0 heterocycles. The van der Waals surface area contributed by atoms with Crippen molar-refractivity contribution in [2.75, 3.05) is 12.0 Å². The Kier molecular flexibility index (Phi) is 5.37. The predicted octanol–water partition coefficient (Wildman–Crippen LogP) is 0.150. The van der Waals surface area contributed by atoms with Crippen molar-refractivity contribution >= 4 is 37.4 Å². The molecule has 1 rings (SSSR count). The van der Waals surface area contributed by atoms with Gasteiger partial charge in [0.05, 0.1) is 21.2 Å². The molecular weight excluding hydrogens is 340 g/mol. The van der Waals surface area contributed by atoms with Gasteiger partial charge in [-0.3, -0.25) is 4.79 Å². The number of hydrogen-bond donors (Lipinski definition) is 2. The Morgan fingerprint density at radius 1 is 1.33 bits per heavy atom. The zero-order chi connectivity index (χ0) is 16.4. The van der Waals surface area contributed by atoms with E-state index in [0.29, 0.717) is 0 Å². The Morgan fingerprint density at radius 3 is 2.38 bits per heavy atom. The molecule has 0 aromatic heterocycles. The summed E-state index contributed by atoms with van der Waals surface area (Å²) >= 11 is 5.84. The Hall–Kier alpha value is -1.16. The number of amides is 1. The van der Waals surface area contributed by atoms with Gasteiger partial charge in [0.15, 0.2) is 0 Å². The van der Waals surface area contributed by atoms with E-state index in [0.717, 1.165) is 12.3 Å². The fraction of sp³-hybridized carbons (Fsp3) is 0.364. The second-order valence-electron chi connectivity index (χ2n) is 4.65. The van der Waals surface area contributed by atoms with Gasteiger partial charge in [-0.2, -0.15) is 0 Å². The van der Waals surface area contributed by atoms with Crippen LogP contribution < -0.4 is 10.5 Å². The van der Waals surface area contributed by atoms with E-state index in [1.807, 2.05) is 0 Å². The molecule has 0 aliphatic rings. The minimum Gasteiger partial charge on any atom is -0.349 e. The molecular formula is C11H15ClN2O5S2. The van der Waals surface area contributed by atoms with E-state index in [-0.39, 0.29) is 21.2 Å². The van der Waals surface area contributed by atoms with Crippen LogP contribution in [0.25, 0.3) is 0 Å². The van der Waals surface area contributed by atoms with Crippen molar-refractivity contribution in [3.05, 3.63) is 28.8 Å². The van der Waals surface area contributed by atoms with E-state index >= 15 is 0 Å². The number of nitrogens with two attached hydrogens (primary N) is 1. The summed E-state index contributed by atoms with van der Waals surface area (Å²) in [6, 6.07) is 2.80. The Morgan fingerprint density at radius 2 is 1.90 bits per heavy atom. The van der Waals surface area contributed by atoms with E-state index in [9.17, 15) is 21.6 Å². The fourth-order valence-electron chi connectivity index (χ4n) is 1.65. The number of benzene rings is 1. The largest absolute Gasteiger partial charge is 0.349 e. The summed E-state index contributed by atoms with van der Waals surface area (Å²) in [5.41, 5.74) is -0.0939. The first-order chi connectivity index (χ1) is 9.40. The topological polar surface area (TPSA) is 123 Å². The summed E-state index contributed by atoms with van der Waals surface area (Å²) in [6.07, 6.45) is 1.05. The molecule has 21 heavy (non-hydrogen) atoms. The molecule has 0 saturated carbocycles. The summed E-state index contributed by atoms with van der Waals surface area (Å²) in [6.45, 7) is 1.51. The molecule has 0 fully saturated rings. The first-order valence-corrected chi connectivity index (χ1v) is 9.69. The van der Waals surface area contributed by atoms with Gasteiger partial charge in [-0.15, -0.1) is 0 Å². The zero-order valence-electron chi connectivity index (χ0n) is 11.3. The lowest BCUT2D eigenvalue weighted by Gasteiger charge is -2.14. The monoisotopic (exact) mass is 354 g/mol. The van der Waals surface area contributed by atoms with Gasteiger partial charge in [0.1, 0.15) is 9.84 Å². The summed E-state index contributed by atoms with van der Waals surface area (Å²) in [7, 11) is -7.22. The maximum Gasteiger partial charge on any atom is 0.253 e. The number of halogens is 1. The van der Waals surface area contributed by atoms with Gasteiger partial charge >= 0.3 is 0 Å². The molecule has 0 saturated heterocycles. The number of nitrogens with one attached hydrogen (secondary N) is 1. The summed E-state index contributed by atoms with van der Waals surface area (Å²) in [5, 5.41) is 7.45. The van der Waals surface area contributed by atoms with Crippen molar-refractivity contribution in [2.24, 2.45) is 5.14 Å². The summed E-state index contributed by atoms with van der Waals surface area (Å²) in [5.74, 6) is -0.924. The van der Waals surface area contributed by atoms with Gasteiger partial charge in [-0.05, 0) is 25.1 Å². The molecule has 0 radical (unpaired) electrons. The SMILES string of the molecule is CC(CS(C)(=O)=O)NC(=O)c1cc(S(N)(=O)=O)ccc1Cl. The van der Waals surface area contributed by atoms with Crippen LogP contribution in [0, 0.1) is 0 Å². The van der Waals surface area contributed by atoms with E-state index < -0.39 is 31.8 Å². The molecule has 118 valence electrons. The van der Waals surface area contributed by atoms with Gasteiger partial charge in [0.25, 0.3) is 5.91 Å². The molecule has 1 unspecified atom stereocenters. The highest BCUT2D eigenvalue weighted by Crippen LogP contribution is 2.20. The van der Waals surface area contributed by atoms with Gasteiger partial charge in [-0.1, -0.05) is 11.6 Å². The van der Waals surface area contributed by atoms with Gasteiger partial charge in [0.2, 0.25) is 10.0 Å². The van der Waals surface area contributed by atoms with Crippen LogP contribution in [-0.4, -0.2) is 40.8 Å². The molecule has 0 spiro atoms. The van der Waals surface area contributed by atoms with Crippen LogP contribution in [0.1, 0.15) is 17.3 Å². The number of primary sulfonamides is 1. The van der Waals surface area contributed by atoms with Gasteiger partial charge < -0.3 is 5.32 Å². The lowest BCUT2D eigenvalue weighted by atomic mass is 10.2. The van der Waals surface area contributed by atoms with Gasteiger partial charge in [0, 0.05) is 12.3 Å². The number of sulfonamides is 1. The number of hydrogen-bond acceptors (Lipinski definition) is 5. The average Bonchev–Trinajstić information content (AvgIpc) is 2.24. The molecule has 1 amide bonds. The Balaban J connectivity index is 3.03. The summed E-state index contributed by atoms with van der Waals surface area (Å²) < 4.78 is 44.8. The zero-order valence-corrected chi connectivity index (χ0v) is 13.7. The predicted molar refractivity (Wildman–Crippen MR) is 79.5 cm³/mol. The minimum absolute atomic E-state index is 0.0338. The maximum atomic E-state index is 12.0. The van der Waals surface area contributed by atoms with Crippen LogP contribution in [0.15, 0.2) is 23.1 Å². The maximum absolute atomic E-state index is 12.0. The molecule has 10 heteroatoms. The highest BCUT2D eigenvalue weighted by molar-refractivity contribution is 7.90. The van der Waals surface area contributed by atoms with Crippen molar-refractivity contribution in [3.8, 4) is 0 Å². The van der Waals surface area contributed by atoms with E-state index in [4.69, 9.17) is 16.7 Å². The van der Waals surface area contributed by atoms with Crippen molar-refractivity contribution < 1.29 is 21.6 Å². The third-order valence-electron chi connectivity index (χ3n) is 2.44. The van der Waals surface area contributed by atoms with Gasteiger partial charge in [-0.25, -0.2) is 22.0 Å². The first-order valence-electron chi connectivity index (χ1n) is 5.71. The second kappa shape index (κ2) is 6.30. The Labute approximate surface area is 128 Å². The molecule has 1 atom stereocenters. The third-order valence-corrected chi connectivity index (χ3v) is 4.79. The van der Waals surface area contributed by atoms with Crippen molar-refractivity contribution in [2.45, 2.75) is 17.9 Å². The molecule has 3 N–H and O–H groups in total. The number of sulfone groups is 1. The lowest BCUT2D eigenvalue weighted by molar-refractivity contribution is 0.0943. The van der Waals surface area contributed by atoms with E-state index in [2.05, 4.69) is 5.32 Å². The highest BCUT2D eigenvalue weighted by Gasteiger charge is 2.19. The fourth-order valence-corrected chi connectivity index (χ4v) is 3.39. The Bertz CT molecular complexity index is 759. The summed E-state index contributed by atoms with van der Waals surface area (Å²) in [4.78, 5) is 11.8. The molecule has 7 nitrogen and oxygen atoms in total. The van der Waals surface area contributed by atoms with Crippen molar-refractivity contribution in [1.29, 1.82) is 0 Å². The first kappa shape index (κ1) is 17.9. The molecule has 0 bridgehead atoms. The normalized spacial score (nSPS) is 13.7. The smallest absolute Gasteiger partial charge is 0.253 e. The third kappa shape index (κ3) is 5.62. The average molecular weight is 355 g/mol. The van der Waals surface area contributed by atoms with Crippen LogP contribution in [-0.2, 0) is 19.9 Å². The minimum atomic E-state index is -3.97. The lowest BCUT2D eigenvalue weighted by Crippen LogP contribution is -2.37. The number of carbonyl (C=O) groups is 1. The molecule has 0 aliphatic heterocycles. The van der Waals surface area contributed by atoms with Crippen LogP contribution >= 0.6 is 11.6 Å². The van der Waals surface area contributed by atoms with Crippen molar-refractivity contribution in [1.82, 2.24) is 5.32 Å². The highest BCUT2D eigenvalue weighted by atomic mass is 35.5. The number of carbonyl (C=O) groups excluding carboxylic acids is 1. The van der Waals surface area contributed by atoms with Crippen LogP contribution in [0.5, 0.6) is 0 Å². The van der Waals surface area contributed by atoms with Crippen molar-refractivity contribution in [3.63, 3.8) is 0 Å². The van der Waals surface area contributed by atoms with Crippen LogP contribution in [0.2, 0.25) is 5.02 Å². The van der Waals surface area contributed by atoms with Crippen LogP contribution in [0.3, 0.4) is 0 Å². The molecule has 1 aromatic carbocycles. The number of rotatable bonds is 5. The standard InChI is InChI=1S/C11H15ClN2O5S2/c1-7(6-20(2,16)17)14-11(15)9-5-8(21(13,18)19)3-4-10(9)12/h3-5,7H,6H2,1-2H3,(H,14,15)(H2,13,18,19). The van der Waals surface area contributed by atoms with E-state index in [1.165, 1.54) is 19.1 Å². The quantitative estimate of drug-likeness (QED) is 0.779.